The van der Waals surface area contributed by atoms with E-state index in [-0.39, 0.29) is 30.7 Å². The van der Waals surface area contributed by atoms with Crippen LogP contribution in [0.4, 0.5) is 5.69 Å². The van der Waals surface area contributed by atoms with Crippen LogP contribution in [0.2, 0.25) is 0 Å². The third-order valence-corrected chi connectivity index (χ3v) is 5.66. The second-order valence-corrected chi connectivity index (χ2v) is 8.06. The largest absolute Gasteiger partial charge is 0.464 e. The highest BCUT2D eigenvalue weighted by molar-refractivity contribution is 5.99. The number of nitrogens with one attached hydrogen (secondary N) is 2. The molecule has 2 atom stereocenters. The minimum Gasteiger partial charge on any atom is -0.464 e. The van der Waals surface area contributed by atoms with Crippen molar-refractivity contribution in [2.24, 2.45) is 11.7 Å². The Balaban J connectivity index is 1.65. The fourth-order valence-corrected chi connectivity index (χ4v) is 3.98. The molecule has 0 aromatic heterocycles. The van der Waals surface area contributed by atoms with Crippen LogP contribution >= 0.6 is 0 Å². The monoisotopic (exact) mass is 450 g/mol. The number of hydrogen-bond donors (Lipinski definition) is 3. The molecular formula is C25H30N4O4. The molecule has 0 radical (unpaired) electrons. The molecule has 2 aromatic carbocycles. The summed E-state index contributed by atoms with van der Waals surface area (Å²) in [6.45, 7) is 2.51. The summed E-state index contributed by atoms with van der Waals surface area (Å²) in [6.07, 6.45) is 1.70. The molecule has 0 aliphatic carbocycles. The molecule has 2 aromatic rings. The van der Waals surface area contributed by atoms with Crippen LogP contribution in [0.3, 0.4) is 0 Å². The first-order valence-electron chi connectivity index (χ1n) is 11.1. The molecule has 1 saturated heterocycles. The number of ether oxygens (including phenoxy) is 1. The van der Waals surface area contributed by atoms with Gasteiger partial charge in [0.15, 0.2) is 0 Å². The molecule has 33 heavy (non-hydrogen) atoms. The average Bonchev–Trinajstić information content (AvgIpc) is 2.81. The van der Waals surface area contributed by atoms with E-state index in [1.807, 2.05) is 30.3 Å². The van der Waals surface area contributed by atoms with Crippen LogP contribution in [0.5, 0.6) is 0 Å². The Kier molecular flexibility index (Phi) is 8.18. The van der Waals surface area contributed by atoms with E-state index in [1.165, 1.54) is 0 Å². The van der Waals surface area contributed by atoms with Gasteiger partial charge in [0.2, 0.25) is 11.8 Å². The minimum atomic E-state index is -0.811. The third-order valence-electron chi connectivity index (χ3n) is 5.66. The SMILES string of the molecule is CCOC(=O)C(Cc1ccccc1)NC(=O)CC1CCCN(c2ccc(C(=N)N)cc2)C1=O. The molecule has 3 rings (SSSR count). The van der Waals surface area contributed by atoms with E-state index < -0.39 is 17.9 Å². The predicted molar refractivity (Wildman–Crippen MR) is 126 cm³/mol. The zero-order valence-electron chi connectivity index (χ0n) is 18.8. The molecule has 8 heteroatoms. The van der Waals surface area contributed by atoms with Crippen molar-refractivity contribution >= 4 is 29.3 Å². The molecule has 1 heterocycles. The van der Waals surface area contributed by atoms with Crippen molar-refractivity contribution in [3.63, 3.8) is 0 Å². The van der Waals surface area contributed by atoms with Crippen molar-refractivity contribution in [2.45, 2.75) is 38.6 Å². The van der Waals surface area contributed by atoms with Gasteiger partial charge in [0, 0.05) is 36.6 Å². The first-order chi connectivity index (χ1) is 15.9. The number of amidine groups is 1. The van der Waals surface area contributed by atoms with Crippen LogP contribution in [0.25, 0.3) is 0 Å². The van der Waals surface area contributed by atoms with E-state index >= 15 is 0 Å². The van der Waals surface area contributed by atoms with Gasteiger partial charge in [-0.2, -0.15) is 0 Å². The van der Waals surface area contributed by atoms with E-state index in [4.69, 9.17) is 15.9 Å². The van der Waals surface area contributed by atoms with Crippen molar-refractivity contribution in [2.75, 3.05) is 18.1 Å². The number of nitrogens with zero attached hydrogens (tertiary/aromatic N) is 1. The Morgan fingerprint density at radius 2 is 1.88 bits per heavy atom. The molecule has 1 fully saturated rings. The quantitative estimate of drug-likeness (QED) is 0.307. The molecule has 8 nitrogen and oxygen atoms in total. The highest BCUT2D eigenvalue weighted by Crippen LogP contribution is 2.26. The maximum atomic E-state index is 13.1. The Bertz CT molecular complexity index is 991. The van der Waals surface area contributed by atoms with Crippen molar-refractivity contribution in [1.29, 1.82) is 5.41 Å². The standard InChI is InChI=1S/C25H30N4O4/c1-2-33-25(32)21(15-17-7-4-3-5-8-17)28-22(30)16-19-9-6-14-29(24(19)31)20-12-10-18(11-13-20)23(26)27/h3-5,7-8,10-13,19,21H,2,6,9,14-16H2,1H3,(H3,26,27)(H,28,30). The molecule has 1 aliphatic rings. The number of anilines is 1. The lowest BCUT2D eigenvalue weighted by molar-refractivity contribution is -0.147. The maximum Gasteiger partial charge on any atom is 0.328 e. The highest BCUT2D eigenvalue weighted by Gasteiger charge is 2.32. The molecule has 174 valence electrons. The summed E-state index contributed by atoms with van der Waals surface area (Å²) in [5, 5.41) is 10.3. The Morgan fingerprint density at radius 3 is 2.52 bits per heavy atom. The van der Waals surface area contributed by atoms with Gasteiger partial charge in [-0.1, -0.05) is 30.3 Å². The lowest BCUT2D eigenvalue weighted by atomic mass is 9.92. The predicted octanol–water partition coefficient (Wildman–Crippen LogP) is 2.39. The van der Waals surface area contributed by atoms with Gasteiger partial charge >= 0.3 is 5.97 Å². The third kappa shape index (κ3) is 6.41. The van der Waals surface area contributed by atoms with Gasteiger partial charge < -0.3 is 20.7 Å². The van der Waals surface area contributed by atoms with Crippen LogP contribution in [0.15, 0.2) is 54.6 Å². The number of piperidine rings is 1. The van der Waals surface area contributed by atoms with Crippen LogP contribution in [-0.4, -0.2) is 42.8 Å². The summed E-state index contributed by atoms with van der Waals surface area (Å²) >= 11 is 0. The van der Waals surface area contributed by atoms with Gasteiger partial charge in [0.25, 0.3) is 0 Å². The summed E-state index contributed by atoms with van der Waals surface area (Å²) in [4.78, 5) is 40.0. The Morgan fingerprint density at radius 1 is 1.18 bits per heavy atom. The first kappa shape index (κ1) is 24.0. The first-order valence-corrected chi connectivity index (χ1v) is 11.1. The number of nitrogen functional groups attached to an aromatic ring is 1. The zero-order valence-corrected chi connectivity index (χ0v) is 18.8. The summed E-state index contributed by atoms with van der Waals surface area (Å²) in [7, 11) is 0. The summed E-state index contributed by atoms with van der Waals surface area (Å²) in [5.74, 6) is -1.46. The second kappa shape index (κ2) is 11.3. The van der Waals surface area contributed by atoms with E-state index in [2.05, 4.69) is 5.32 Å². The fraction of sp³-hybridized carbons (Fsp3) is 0.360. The number of carbonyl (C=O) groups excluding carboxylic acids is 3. The van der Waals surface area contributed by atoms with Gasteiger partial charge in [0.1, 0.15) is 11.9 Å². The molecular weight excluding hydrogens is 420 g/mol. The van der Waals surface area contributed by atoms with Crippen LogP contribution < -0.4 is 16.0 Å². The summed E-state index contributed by atoms with van der Waals surface area (Å²) in [6, 6.07) is 15.5. The molecule has 1 aliphatic heterocycles. The van der Waals surface area contributed by atoms with Crippen molar-refractivity contribution in [1.82, 2.24) is 5.32 Å². The lowest BCUT2D eigenvalue weighted by Gasteiger charge is -2.32. The van der Waals surface area contributed by atoms with Crippen molar-refractivity contribution < 1.29 is 19.1 Å². The topological polar surface area (TPSA) is 126 Å². The second-order valence-electron chi connectivity index (χ2n) is 8.06. The maximum absolute atomic E-state index is 13.1. The van der Waals surface area contributed by atoms with E-state index in [0.29, 0.717) is 30.6 Å². The van der Waals surface area contributed by atoms with Gasteiger partial charge in [-0.15, -0.1) is 0 Å². The summed E-state index contributed by atoms with van der Waals surface area (Å²) in [5.41, 5.74) is 7.70. The Labute approximate surface area is 193 Å². The van der Waals surface area contributed by atoms with Crippen molar-refractivity contribution in [3.05, 3.63) is 65.7 Å². The number of benzene rings is 2. The minimum absolute atomic E-state index is 0.00551. The summed E-state index contributed by atoms with van der Waals surface area (Å²) < 4.78 is 5.14. The average molecular weight is 451 g/mol. The number of esters is 1. The van der Waals surface area contributed by atoms with Gasteiger partial charge in [-0.05, 0) is 49.6 Å². The molecule has 2 amide bonds. The highest BCUT2D eigenvalue weighted by atomic mass is 16.5. The zero-order chi connectivity index (χ0) is 23.8. The molecule has 0 spiro atoms. The van der Waals surface area contributed by atoms with E-state index in [9.17, 15) is 14.4 Å². The normalized spacial score (nSPS) is 16.7. The molecule has 0 bridgehead atoms. The fourth-order valence-electron chi connectivity index (χ4n) is 3.98. The van der Waals surface area contributed by atoms with Gasteiger partial charge in [0.05, 0.1) is 6.61 Å². The van der Waals surface area contributed by atoms with Gasteiger partial charge in [-0.3, -0.25) is 15.0 Å². The molecule has 2 unspecified atom stereocenters. The number of nitrogens with two attached hydrogens (primary N) is 1. The van der Waals surface area contributed by atoms with Gasteiger partial charge in [-0.25, -0.2) is 4.79 Å². The van der Waals surface area contributed by atoms with Crippen molar-refractivity contribution in [3.8, 4) is 0 Å². The lowest BCUT2D eigenvalue weighted by Crippen LogP contribution is -2.47. The van der Waals surface area contributed by atoms with Crippen LogP contribution in [0.1, 0.15) is 37.3 Å². The molecule has 0 saturated carbocycles. The molecule has 4 N–H and O–H groups in total. The number of amides is 2. The van der Waals surface area contributed by atoms with Crippen LogP contribution in [0, 0.1) is 11.3 Å². The van der Waals surface area contributed by atoms with E-state index in [0.717, 1.165) is 12.0 Å². The number of carbonyl (C=O) groups is 3. The van der Waals surface area contributed by atoms with Crippen LogP contribution in [-0.2, 0) is 25.5 Å². The Hall–Kier alpha value is -3.68. The number of rotatable bonds is 9. The smallest absolute Gasteiger partial charge is 0.328 e. The van der Waals surface area contributed by atoms with E-state index in [1.54, 1.807) is 36.1 Å². The number of hydrogen-bond acceptors (Lipinski definition) is 5.